The first-order chi connectivity index (χ1) is 27.6. The number of nitrogens with zero attached hydrogens (tertiary/aromatic N) is 1. The molecule has 6 aromatic carbocycles. The molecule has 0 saturated carbocycles. The first-order valence-electron chi connectivity index (χ1n) is 17.4. The third kappa shape index (κ3) is 7.73. The quantitative estimate of drug-likeness (QED) is 0.130. The van der Waals surface area contributed by atoms with Gasteiger partial charge in [-0.3, -0.25) is 4.98 Å². The fourth-order valence-electron chi connectivity index (χ4n) is 6.80. The summed E-state index contributed by atoms with van der Waals surface area (Å²) in [6.07, 6.45) is 1.82. The zero-order valence-electron chi connectivity index (χ0n) is 30.9. The van der Waals surface area contributed by atoms with Crippen LogP contribution in [0.4, 0.5) is 8.78 Å². The van der Waals surface area contributed by atoms with Gasteiger partial charge in [0.25, 0.3) is 0 Å². The summed E-state index contributed by atoms with van der Waals surface area (Å²) in [5.74, 6) is 0.472. The summed E-state index contributed by atoms with van der Waals surface area (Å²) in [4.78, 5) is 3.76. The molecule has 5 nitrogen and oxygen atoms in total. The van der Waals surface area contributed by atoms with Crippen molar-refractivity contribution in [2.75, 3.05) is 28.4 Å². The average molecular weight is 843 g/mol. The van der Waals surface area contributed by atoms with Crippen LogP contribution in [0.3, 0.4) is 0 Å². The molecule has 0 unspecified atom stereocenters. The van der Waals surface area contributed by atoms with Crippen LogP contribution in [-0.4, -0.2) is 33.4 Å². The summed E-state index contributed by atoms with van der Waals surface area (Å²) >= 11 is 29.7. The van der Waals surface area contributed by atoms with E-state index in [1.807, 2.05) is 72.8 Å². The highest BCUT2D eigenvalue weighted by molar-refractivity contribution is 6.41. The second-order valence-corrected chi connectivity index (χ2v) is 14.3. The van der Waals surface area contributed by atoms with Crippen LogP contribution in [0, 0.1) is 17.6 Å². The van der Waals surface area contributed by atoms with Crippen LogP contribution >= 0.6 is 46.4 Å². The Morgan fingerprint density at radius 2 is 0.737 bits per heavy atom. The molecule has 11 heteroatoms. The maximum absolute atomic E-state index is 16.3. The number of methoxy groups -OCH3 is 4. The Morgan fingerprint density at radius 1 is 0.439 bits per heavy atom. The SMILES string of the molecule is COc1ccc(-c2cc(Cl)c([C](c3c(F)cncc3F)c3c(Cl)cc(-c4ccc(OC)cc4)c(-c4ccc(OC)cc4)c3Cl)c(Cl)c2-c2ccc(OC)cc2)cc1. The van der Waals surface area contributed by atoms with Crippen molar-refractivity contribution in [2.24, 2.45) is 0 Å². The number of hydrogen-bond acceptors (Lipinski definition) is 5. The molecule has 7 aromatic rings. The van der Waals surface area contributed by atoms with Crippen LogP contribution in [0.1, 0.15) is 16.7 Å². The number of rotatable bonds is 11. The number of aromatic nitrogens is 1. The van der Waals surface area contributed by atoms with Crippen LogP contribution in [0.15, 0.2) is 122 Å². The first-order valence-corrected chi connectivity index (χ1v) is 18.9. The monoisotopic (exact) mass is 840 g/mol. The van der Waals surface area contributed by atoms with E-state index in [2.05, 4.69) is 4.98 Å². The highest BCUT2D eigenvalue weighted by atomic mass is 35.5. The van der Waals surface area contributed by atoms with Gasteiger partial charge in [0.05, 0.1) is 56.8 Å². The highest BCUT2D eigenvalue weighted by Crippen LogP contribution is 2.54. The molecule has 0 amide bonds. The predicted octanol–water partition coefficient (Wildman–Crippen LogP) is 13.7. The molecule has 1 heterocycles. The van der Waals surface area contributed by atoms with E-state index in [0.717, 1.165) is 23.5 Å². The first kappa shape index (κ1) is 39.9. The molecule has 0 aliphatic rings. The van der Waals surface area contributed by atoms with Crippen molar-refractivity contribution in [3.05, 3.63) is 176 Å². The van der Waals surface area contributed by atoms with Gasteiger partial charge in [-0.05, 0) is 94.0 Å². The van der Waals surface area contributed by atoms with Crippen LogP contribution in [0.5, 0.6) is 23.0 Å². The standard InChI is InChI=1S/C46H32Cl4F2NO4/c1-54-29-13-5-25(6-14-29)33-21-35(47)41(45(49)39(33)27-9-17-31(56-3)18-10-27)44(43-37(51)23-53-24-38(43)52)42-36(48)22-34(26-7-15-30(55-2)16-8-26)40(46(42)50)28-11-19-32(57-4)20-12-28/h5-24H,1-4H3. The lowest BCUT2D eigenvalue weighted by atomic mass is 9.80. The van der Waals surface area contributed by atoms with Crippen LogP contribution < -0.4 is 18.9 Å². The molecule has 0 aliphatic heterocycles. The van der Waals surface area contributed by atoms with Gasteiger partial charge in [-0.1, -0.05) is 94.9 Å². The normalized spacial score (nSPS) is 11.1. The Balaban J connectivity index is 1.58. The Morgan fingerprint density at radius 3 is 1.04 bits per heavy atom. The minimum atomic E-state index is -0.986. The van der Waals surface area contributed by atoms with Crippen LogP contribution in [0.2, 0.25) is 20.1 Å². The lowest BCUT2D eigenvalue weighted by molar-refractivity contribution is 0.414. The van der Waals surface area contributed by atoms with Gasteiger partial charge in [0.1, 0.15) is 34.6 Å². The van der Waals surface area contributed by atoms with E-state index in [4.69, 9.17) is 65.4 Å². The minimum Gasteiger partial charge on any atom is -0.497 e. The number of hydrogen-bond donors (Lipinski definition) is 0. The Kier molecular flexibility index (Phi) is 11.9. The number of halogens is 6. The topological polar surface area (TPSA) is 49.8 Å². The van der Waals surface area contributed by atoms with Gasteiger partial charge in [0, 0.05) is 37.9 Å². The number of pyridine rings is 1. The van der Waals surface area contributed by atoms with E-state index >= 15 is 8.78 Å². The predicted molar refractivity (Wildman–Crippen MR) is 226 cm³/mol. The van der Waals surface area contributed by atoms with E-state index in [0.29, 0.717) is 56.4 Å². The van der Waals surface area contributed by atoms with E-state index in [1.165, 1.54) is 0 Å². The molecular weight excluding hydrogens is 810 g/mol. The van der Waals surface area contributed by atoms with Gasteiger partial charge in [-0.25, -0.2) is 8.78 Å². The molecule has 7 rings (SSSR count). The van der Waals surface area contributed by atoms with Crippen molar-refractivity contribution in [3.63, 3.8) is 0 Å². The summed E-state index contributed by atoms with van der Waals surface area (Å²) in [5, 5.41) is 0.319. The highest BCUT2D eigenvalue weighted by Gasteiger charge is 2.36. The van der Waals surface area contributed by atoms with Crippen molar-refractivity contribution < 1.29 is 27.7 Å². The maximum atomic E-state index is 16.3. The summed E-state index contributed by atoms with van der Waals surface area (Å²) in [5.41, 5.74) is 4.87. The smallest absolute Gasteiger partial charge is 0.148 e. The Labute approximate surface area is 349 Å². The van der Waals surface area contributed by atoms with Gasteiger partial charge in [-0.2, -0.15) is 0 Å². The van der Waals surface area contributed by atoms with Crippen molar-refractivity contribution >= 4 is 46.4 Å². The molecule has 0 N–H and O–H groups in total. The van der Waals surface area contributed by atoms with E-state index < -0.39 is 17.2 Å². The van der Waals surface area contributed by atoms with Gasteiger partial charge in [0.2, 0.25) is 0 Å². The van der Waals surface area contributed by atoms with Crippen LogP contribution in [-0.2, 0) is 0 Å². The molecule has 0 fully saturated rings. The van der Waals surface area contributed by atoms with Gasteiger partial charge in [-0.15, -0.1) is 0 Å². The molecule has 0 spiro atoms. The second kappa shape index (κ2) is 17.0. The van der Waals surface area contributed by atoms with E-state index in [1.54, 1.807) is 64.8 Å². The summed E-state index contributed by atoms with van der Waals surface area (Å²) < 4.78 is 54.3. The summed E-state index contributed by atoms with van der Waals surface area (Å²) in [7, 11) is 6.29. The Bertz CT molecular complexity index is 2390. The number of benzene rings is 6. The Hall–Kier alpha value is -5.31. The summed E-state index contributed by atoms with van der Waals surface area (Å²) in [6, 6.07) is 32.6. The third-order valence-corrected chi connectivity index (χ3v) is 11.0. The number of ether oxygens (including phenoxy) is 4. The average Bonchev–Trinajstić information content (AvgIpc) is 3.23. The lowest BCUT2D eigenvalue weighted by Gasteiger charge is -2.28. The fourth-order valence-corrected chi connectivity index (χ4v) is 8.31. The zero-order valence-corrected chi connectivity index (χ0v) is 33.9. The molecule has 1 aromatic heterocycles. The van der Waals surface area contributed by atoms with E-state index in [-0.39, 0.29) is 37.1 Å². The second-order valence-electron chi connectivity index (χ2n) is 12.7. The zero-order chi connectivity index (χ0) is 40.4. The maximum Gasteiger partial charge on any atom is 0.148 e. The van der Waals surface area contributed by atoms with Crippen molar-refractivity contribution in [1.82, 2.24) is 4.98 Å². The fraction of sp³-hybridized carbons (Fsp3) is 0.0870. The third-order valence-electron chi connectivity index (χ3n) is 9.60. The molecule has 0 bridgehead atoms. The van der Waals surface area contributed by atoms with Gasteiger partial charge < -0.3 is 18.9 Å². The van der Waals surface area contributed by atoms with Gasteiger partial charge in [0.15, 0.2) is 0 Å². The molecule has 287 valence electrons. The molecule has 0 atom stereocenters. The molecule has 57 heavy (non-hydrogen) atoms. The largest absolute Gasteiger partial charge is 0.497 e. The van der Waals surface area contributed by atoms with Crippen LogP contribution in [0.25, 0.3) is 44.5 Å². The molecular formula is C46H32Cl4F2NO4. The van der Waals surface area contributed by atoms with Crippen molar-refractivity contribution in [3.8, 4) is 67.5 Å². The molecule has 0 aliphatic carbocycles. The van der Waals surface area contributed by atoms with Crippen molar-refractivity contribution in [1.29, 1.82) is 0 Å². The molecule has 0 saturated heterocycles. The van der Waals surface area contributed by atoms with Crippen molar-refractivity contribution in [2.45, 2.75) is 0 Å². The van der Waals surface area contributed by atoms with Gasteiger partial charge >= 0.3 is 0 Å². The minimum absolute atomic E-state index is 0.0750. The van der Waals surface area contributed by atoms with E-state index in [9.17, 15) is 0 Å². The summed E-state index contributed by atoms with van der Waals surface area (Å²) in [6.45, 7) is 0. The lowest BCUT2D eigenvalue weighted by Crippen LogP contribution is -2.14. The molecule has 1 radical (unpaired) electrons.